The number of carboxylic acids is 1. The largest absolute Gasteiger partial charge is 0.481 e. The van der Waals surface area contributed by atoms with Crippen molar-refractivity contribution < 1.29 is 19.5 Å². The van der Waals surface area contributed by atoms with E-state index in [0.717, 1.165) is 12.8 Å². The first-order valence-corrected chi connectivity index (χ1v) is 10.3. The molecule has 2 aliphatic rings. The first-order chi connectivity index (χ1) is 13.5. The molecule has 1 N–H and O–H groups in total. The maximum Gasteiger partial charge on any atom is 0.306 e. The van der Waals surface area contributed by atoms with Gasteiger partial charge in [0, 0.05) is 37.7 Å². The third kappa shape index (κ3) is 4.51. The van der Waals surface area contributed by atoms with Crippen molar-refractivity contribution in [1.82, 2.24) is 9.88 Å². The zero-order valence-corrected chi connectivity index (χ0v) is 16.4. The van der Waals surface area contributed by atoms with Crippen LogP contribution in [0, 0.1) is 11.8 Å². The van der Waals surface area contributed by atoms with Crippen LogP contribution in [0.15, 0.2) is 24.4 Å². The van der Waals surface area contributed by atoms with Gasteiger partial charge in [-0.2, -0.15) is 0 Å². The van der Waals surface area contributed by atoms with Crippen LogP contribution >= 0.6 is 0 Å². The molecule has 0 bridgehead atoms. The number of carboxylic acid groups (broad SMARTS) is 1. The maximum absolute atomic E-state index is 12.9. The number of hydrogen-bond acceptors (Lipinski definition) is 4. The van der Waals surface area contributed by atoms with Gasteiger partial charge in [-0.1, -0.05) is 19.4 Å². The van der Waals surface area contributed by atoms with E-state index in [0.29, 0.717) is 51.0 Å². The molecular formula is C21H29N3O4. The lowest BCUT2D eigenvalue weighted by atomic mass is 9.80. The molecule has 2 fully saturated rings. The molecule has 0 spiro atoms. The van der Waals surface area contributed by atoms with Crippen molar-refractivity contribution in [3.63, 3.8) is 0 Å². The number of hydrogen-bond donors (Lipinski definition) is 1. The predicted octanol–water partition coefficient (Wildman–Crippen LogP) is 2.71. The van der Waals surface area contributed by atoms with E-state index in [1.54, 1.807) is 11.1 Å². The fourth-order valence-electron chi connectivity index (χ4n) is 4.43. The van der Waals surface area contributed by atoms with Gasteiger partial charge in [0.25, 0.3) is 0 Å². The number of likely N-dealkylation sites (tertiary alicyclic amines) is 1. The fourth-order valence-corrected chi connectivity index (χ4v) is 4.43. The molecule has 0 unspecified atom stereocenters. The summed E-state index contributed by atoms with van der Waals surface area (Å²) < 4.78 is 0. The van der Waals surface area contributed by atoms with Crippen LogP contribution in [0.5, 0.6) is 0 Å². The maximum atomic E-state index is 12.9. The van der Waals surface area contributed by atoms with Crippen LogP contribution in [0.4, 0.5) is 5.82 Å². The summed E-state index contributed by atoms with van der Waals surface area (Å²) in [7, 11) is 0. The monoisotopic (exact) mass is 387 g/mol. The molecule has 3 rings (SSSR count). The van der Waals surface area contributed by atoms with Gasteiger partial charge < -0.3 is 10.0 Å². The lowest BCUT2D eigenvalue weighted by Gasteiger charge is -2.39. The van der Waals surface area contributed by atoms with E-state index in [1.807, 2.05) is 30.0 Å². The second kappa shape index (κ2) is 9.17. The molecule has 0 radical (unpaired) electrons. The Kier molecular flexibility index (Phi) is 6.65. The van der Waals surface area contributed by atoms with Gasteiger partial charge in [-0.3, -0.25) is 19.3 Å². The van der Waals surface area contributed by atoms with Crippen LogP contribution in [-0.4, -0.2) is 51.9 Å². The standard InChI is InChI=1S/C21H29N3O4/c1-2-19(25)24(18-8-3-4-11-22-18)17-9-12-23(13-10-17)20(26)15-6-5-7-16(14-15)21(27)28/h3-4,8,11,15-17H,2,5-7,9-10,12-14H2,1H3,(H,27,28)/t15-,16+/m1/s1. The minimum absolute atomic E-state index is 0.0320. The highest BCUT2D eigenvalue weighted by Crippen LogP contribution is 2.32. The van der Waals surface area contributed by atoms with Gasteiger partial charge in [-0.05, 0) is 44.2 Å². The molecule has 7 heteroatoms. The molecule has 2 amide bonds. The Morgan fingerprint density at radius 1 is 1.14 bits per heavy atom. The van der Waals surface area contributed by atoms with E-state index in [-0.39, 0.29) is 23.8 Å². The molecule has 0 aromatic carbocycles. The summed E-state index contributed by atoms with van der Waals surface area (Å²) in [5.74, 6) is -0.593. The number of aliphatic carboxylic acids is 1. The van der Waals surface area contributed by atoms with Crippen molar-refractivity contribution in [2.45, 2.75) is 57.9 Å². The minimum atomic E-state index is -0.791. The Hall–Kier alpha value is -2.44. The van der Waals surface area contributed by atoms with Crippen LogP contribution < -0.4 is 4.90 Å². The number of nitrogens with zero attached hydrogens (tertiary/aromatic N) is 3. The number of piperidine rings is 1. The average Bonchev–Trinajstić information content (AvgIpc) is 2.74. The summed E-state index contributed by atoms with van der Waals surface area (Å²) >= 11 is 0. The number of anilines is 1. The summed E-state index contributed by atoms with van der Waals surface area (Å²) in [6.07, 6.45) is 6.20. The van der Waals surface area contributed by atoms with E-state index in [1.165, 1.54) is 0 Å². The van der Waals surface area contributed by atoms with Gasteiger partial charge in [-0.15, -0.1) is 0 Å². The van der Waals surface area contributed by atoms with Gasteiger partial charge in [0.05, 0.1) is 5.92 Å². The van der Waals surface area contributed by atoms with E-state index >= 15 is 0 Å². The summed E-state index contributed by atoms with van der Waals surface area (Å²) in [6, 6.07) is 5.58. The molecular weight excluding hydrogens is 358 g/mol. The van der Waals surface area contributed by atoms with Gasteiger partial charge in [-0.25, -0.2) is 4.98 Å². The highest BCUT2D eigenvalue weighted by Gasteiger charge is 2.36. The molecule has 28 heavy (non-hydrogen) atoms. The SMILES string of the molecule is CCC(=O)N(c1ccccn1)C1CCN(C(=O)[C@@H]2CCC[C@H](C(=O)O)C2)CC1. The van der Waals surface area contributed by atoms with Gasteiger partial charge in [0.15, 0.2) is 0 Å². The van der Waals surface area contributed by atoms with E-state index < -0.39 is 11.9 Å². The fraction of sp³-hybridized carbons (Fsp3) is 0.619. The average molecular weight is 387 g/mol. The van der Waals surface area contributed by atoms with Crippen LogP contribution in [0.25, 0.3) is 0 Å². The van der Waals surface area contributed by atoms with Crippen molar-refractivity contribution >= 4 is 23.6 Å². The Balaban J connectivity index is 1.62. The van der Waals surface area contributed by atoms with E-state index in [9.17, 15) is 19.5 Å². The highest BCUT2D eigenvalue weighted by atomic mass is 16.4. The lowest BCUT2D eigenvalue weighted by Crippen LogP contribution is -2.50. The molecule has 1 saturated heterocycles. The first-order valence-electron chi connectivity index (χ1n) is 10.3. The second-order valence-corrected chi connectivity index (χ2v) is 7.76. The minimum Gasteiger partial charge on any atom is -0.481 e. The number of carbonyl (C=O) groups is 3. The molecule has 2 heterocycles. The topological polar surface area (TPSA) is 90.8 Å². The number of pyridine rings is 1. The normalized spacial score (nSPS) is 23.2. The molecule has 1 aromatic heterocycles. The van der Waals surface area contributed by atoms with Crippen LogP contribution in [-0.2, 0) is 14.4 Å². The number of aromatic nitrogens is 1. The van der Waals surface area contributed by atoms with Crippen LogP contribution in [0.3, 0.4) is 0 Å². The van der Waals surface area contributed by atoms with Crippen molar-refractivity contribution in [3.05, 3.63) is 24.4 Å². The molecule has 1 aliphatic carbocycles. The number of rotatable bonds is 5. The lowest BCUT2D eigenvalue weighted by molar-refractivity contribution is -0.145. The first kappa shape index (κ1) is 20.3. The highest BCUT2D eigenvalue weighted by molar-refractivity contribution is 5.92. The Labute approximate surface area is 165 Å². The Morgan fingerprint density at radius 3 is 2.46 bits per heavy atom. The van der Waals surface area contributed by atoms with E-state index in [4.69, 9.17) is 0 Å². The second-order valence-electron chi connectivity index (χ2n) is 7.76. The van der Waals surface area contributed by atoms with Crippen LogP contribution in [0.2, 0.25) is 0 Å². The summed E-state index contributed by atoms with van der Waals surface area (Å²) in [6.45, 7) is 3.04. The molecule has 7 nitrogen and oxygen atoms in total. The Bertz CT molecular complexity index is 701. The zero-order chi connectivity index (χ0) is 20.1. The van der Waals surface area contributed by atoms with Crippen LogP contribution in [0.1, 0.15) is 51.9 Å². The Morgan fingerprint density at radius 2 is 1.86 bits per heavy atom. The van der Waals surface area contributed by atoms with Crippen molar-refractivity contribution in [3.8, 4) is 0 Å². The van der Waals surface area contributed by atoms with Crippen molar-refractivity contribution in [2.24, 2.45) is 11.8 Å². The number of carbonyl (C=O) groups excluding carboxylic acids is 2. The van der Waals surface area contributed by atoms with E-state index in [2.05, 4.69) is 4.98 Å². The molecule has 2 atom stereocenters. The van der Waals surface area contributed by atoms with Crippen molar-refractivity contribution in [2.75, 3.05) is 18.0 Å². The molecule has 1 saturated carbocycles. The van der Waals surface area contributed by atoms with Gasteiger partial charge >= 0.3 is 5.97 Å². The predicted molar refractivity (Wildman–Crippen MR) is 105 cm³/mol. The summed E-state index contributed by atoms with van der Waals surface area (Å²) in [5, 5.41) is 9.26. The molecule has 1 aliphatic heterocycles. The third-order valence-electron chi connectivity index (χ3n) is 5.98. The summed E-state index contributed by atoms with van der Waals surface area (Å²) in [5.41, 5.74) is 0. The zero-order valence-electron chi connectivity index (χ0n) is 16.4. The van der Waals surface area contributed by atoms with Gasteiger partial charge in [0.2, 0.25) is 11.8 Å². The number of amides is 2. The third-order valence-corrected chi connectivity index (χ3v) is 5.98. The van der Waals surface area contributed by atoms with Crippen molar-refractivity contribution in [1.29, 1.82) is 0 Å². The molecule has 152 valence electrons. The quantitative estimate of drug-likeness (QED) is 0.839. The smallest absolute Gasteiger partial charge is 0.306 e. The van der Waals surface area contributed by atoms with Gasteiger partial charge in [0.1, 0.15) is 5.82 Å². The summed E-state index contributed by atoms with van der Waals surface area (Å²) in [4.78, 5) is 44.7. The molecule has 1 aromatic rings.